The lowest BCUT2D eigenvalue weighted by Gasteiger charge is -2.41. The molecule has 0 aromatic rings. The van der Waals surface area contributed by atoms with Crippen LogP contribution >= 0.6 is 0 Å². The van der Waals surface area contributed by atoms with Crippen LogP contribution < -0.4 is 5.32 Å². The molecule has 0 aromatic heterocycles. The van der Waals surface area contributed by atoms with Crippen molar-refractivity contribution in [2.45, 2.75) is 70.0 Å². The molecule has 0 radical (unpaired) electrons. The SMILES string of the molecule is CC1CC(NC(=O)N2C3CCC2CC(CC(=O)O)C3)C1. The summed E-state index contributed by atoms with van der Waals surface area (Å²) in [5.74, 6) is 0.270. The molecule has 3 aliphatic rings. The van der Waals surface area contributed by atoms with E-state index >= 15 is 0 Å². The van der Waals surface area contributed by atoms with Crippen LogP contribution in [0.2, 0.25) is 0 Å². The Labute approximate surface area is 119 Å². The molecule has 2 heterocycles. The van der Waals surface area contributed by atoms with Gasteiger partial charge < -0.3 is 15.3 Å². The highest BCUT2D eigenvalue weighted by molar-refractivity contribution is 5.76. The van der Waals surface area contributed by atoms with Crippen LogP contribution in [0.25, 0.3) is 0 Å². The lowest BCUT2D eigenvalue weighted by Crippen LogP contribution is -2.55. The third-order valence-electron chi connectivity index (χ3n) is 5.23. The van der Waals surface area contributed by atoms with Gasteiger partial charge in [-0.2, -0.15) is 0 Å². The topological polar surface area (TPSA) is 69.6 Å². The molecule has 2 amide bonds. The van der Waals surface area contributed by atoms with Gasteiger partial charge in [0.1, 0.15) is 0 Å². The van der Waals surface area contributed by atoms with E-state index in [4.69, 9.17) is 5.11 Å². The van der Waals surface area contributed by atoms with Crippen molar-refractivity contribution in [3.63, 3.8) is 0 Å². The molecule has 0 spiro atoms. The molecule has 5 nitrogen and oxygen atoms in total. The number of hydrogen-bond acceptors (Lipinski definition) is 2. The number of piperidine rings is 1. The van der Waals surface area contributed by atoms with Crippen LogP contribution in [0.1, 0.15) is 51.9 Å². The summed E-state index contributed by atoms with van der Waals surface area (Å²) in [6, 6.07) is 0.961. The largest absolute Gasteiger partial charge is 0.481 e. The summed E-state index contributed by atoms with van der Waals surface area (Å²) >= 11 is 0. The maximum atomic E-state index is 12.4. The second kappa shape index (κ2) is 5.26. The van der Waals surface area contributed by atoms with Gasteiger partial charge in [0.05, 0.1) is 0 Å². The maximum absolute atomic E-state index is 12.4. The van der Waals surface area contributed by atoms with Gasteiger partial charge in [-0.3, -0.25) is 4.79 Å². The summed E-state index contributed by atoms with van der Waals surface area (Å²) in [4.78, 5) is 25.3. The molecule has 1 saturated carbocycles. The zero-order valence-corrected chi connectivity index (χ0v) is 12.0. The van der Waals surface area contributed by atoms with Gasteiger partial charge in [0.15, 0.2) is 0 Å². The highest BCUT2D eigenvalue weighted by atomic mass is 16.4. The summed E-state index contributed by atoms with van der Waals surface area (Å²) < 4.78 is 0. The van der Waals surface area contributed by atoms with Crippen molar-refractivity contribution in [1.29, 1.82) is 0 Å². The molecule has 2 unspecified atom stereocenters. The second-order valence-corrected chi connectivity index (χ2v) is 6.95. The number of aliphatic carboxylic acids is 1. The number of nitrogens with zero attached hydrogens (tertiary/aromatic N) is 1. The molecule has 5 heteroatoms. The number of fused-ring (bicyclic) bond motifs is 2. The Morgan fingerprint density at radius 3 is 2.25 bits per heavy atom. The minimum atomic E-state index is -0.712. The van der Waals surface area contributed by atoms with E-state index in [2.05, 4.69) is 12.2 Å². The Morgan fingerprint density at radius 2 is 1.75 bits per heavy atom. The summed E-state index contributed by atoms with van der Waals surface area (Å²) in [6.45, 7) is 2.21. The van der Waals surface area contributed by atoms with Crippen LogP contribution in [-0.4, -0.2) is 40.1 Å². The number of urea groups is 1. The fourth-order valence-electron chi connectivity index (χ4n) is 4.30. The van der Waals surface area contributed by atoms with E-state index in [9.17, 15) is 9.59 Å². The molecular weight excluding hydrogens is 256 g/mol. The fourth-order valence-corrected chi connectivity index (χ4v) is 4.30. The monoisotopic (exact) mass is 280 g/mol. The van der Waals surface area contributed by atoms with E-state index in [0.29, 0.717) is 6.04 Å². The van der Waals surface area contributed by atoms with Gasteiger partial charge in [0.2, 0.25) is 0 Å². The average molecular weight is 280 g/mol. The van der Waals surface area contributed by atoms with Crippen molar-refractivity contribution in [3.05, 3.63) is 0 Å². The maximum Gasteiger partial charge on any atom is 0.318 e. The van der Waals surface area contributed by atoms with Crippen molar-refractivity contribution in [2.24, 2.45) is 11.8 Å². The number of hydrogen-bond donors (Lipinski definition) is 2. The molecular formula is C15H24N2O3. The molecule has 2 N–H and O–H groups in total. The summed E-state index contributed by atoms with van der Waals surface area (Å²) in [6.07, 6.45) is 6.23. The van der Waals surface area contributed by atoms with E-state index in [0.717, 1.165) is 44.4 Å². The summed E-state index contributed by atoms with van der Waals surface area (Å²) in [7, 11) is 0. The van der Waals surface area contributed by atoms with Gasteiger partial charge in [0.25, 0.3) is 0 Å². The Balaban J connectivity index is 1.56. The van der Waals surface area contributed by atoms with E-state index in [-0.39, 0.29) is 30.5 Å². The van der Waals surface area contributed by atoms with Gasteiger partial charge in [-0.05, 0) is 50.4 Å². The fraction of sp³-hybridized carbons (Fsp3) is 0.867. The van der Waals surface area contributed by atoms with Gasteiger partial charge in [-0.15, -0.1) is 0 Å². The van der Waals surface area contributed by atoms with Crippen LogP contribution in [0.4, 0.5) is 4.79 Å². The lowest BCUT2D eigenvalue weighted by molar-refractivity contribution is -0.138. The molecule has 2 saturated heterocycles. The number of carbonyl (C=O) groups excluding carboxylic acids is 1. The van der Waals surface area contributed by atoms with Crippen molar-refractivity contribution in [3.8, 4) is 0 Å². The van der Waals surface area contributed by atoms with Gasteiger partial charge in [0, 0.05) is 24.5 Å². The zero-order chi connectivity index (χ0) is 14.3. The van der Waals surface area contributed by atoms with Crippen LogP contribution in [0, 0.1) is 11.8 Å². The van der Waals surface area contributed by atoms with Crippen LogP contribution in [0.3, 0.4) is 0 Å². The van der Waals surface area contributed by atoms with E-state index in [1.165, 1.54) is 0 Å². The highest BCUT2D eigenvalue weighted by Crippen LogP contribution is 2.40. The molecule has 2 aliphatic heterocycles. The molecule has 20 heavy (non-hydrogen) atoms. The predicted molar refractivity (Wildman–Crippen MR) is 74.3 cm³/mol. The predicted octanol–water partition coefficient (Wildman–Crippen LogP) is 2.21. The third-order valence-corrected chi connectivity index (χ3v) is 5.23. The first-order valence-electron chi connectivity index (χ1n) is 7.83. The number of carboxylic acid groups (broad SMARTS) is 1. The Bertz CT molecular complexity index is 392. The highest BCUT2D eigenvalue weighted by Gasteiger charge is 2.44. The van der Waals surface area contributed by atoms with Gasteiger partial charge >= 0.3 is 12.0 Å². The third kappa shape index (κ3) is 2.63. The first kappa shape index (κ1) is 13.7. The summed E-state index contributed by atoms with van der Waals surface area (Å²) in [5.41, 5.74) is 0. The van der Waals surface area contributed by atoms with Crippen molar-refractivity contribution < 1.29 is 14.7 Å². The lowest BCUT2D eigenvalue weighted by atomic mass is 9.82. The van der Waals surface area contributed by atoms with Crippen LogP contribution in [0.5, 0.6) is 0 Å². The van der Waals surface area contributed by atoms with E-state index in [1.807, 2.05) is 4.90 Å². The molecule has 112 valence electrons. The first-order chi connectivity index (χ1) is 9.52. The number of carboxylic acids is 1. The molecule has 1 aliphatic carbocycles. The van der Waals surface area contributed by atoms with Gasteiger partial charge in [-0.25, -0.2) is 4.79 Å². The van der Waals surface area contributed by atoms with Gasteiger partial charge in [-0.1, -0.05) is 6.92 Å². The Hall–Kier alpha value is -1.26. The normalized spacial score (nSPS) is 39.2. The molecule has 3 rings (SSSR count). The average Bonchev–Trinajstić information content (AvgIpc) is 2.59. The molecule has 3 fully saturated rings. The molecule has 0 aromatic carbocycles. The smallest absolute Gasteiger partial charge is 0.318 e. The zero-order valence-electron chi connectivity index (χ0n) is 12.0. The van der Waals surface area contributed by atoms with Crippen LogP contribution in [-0.2, 0) is 4.79 Å². The Morgan fingerprint density at radius 1 is 1.15 bits per heavy atom. The quantitative estimate of drug-likeness (QED) is 0.832. The number of rotatable bonds is 3. The van der Waals surface area contributed by atoms with E-state index in [1.54, 1.807) is 0 Å². The summed E-state index contributed by atoms with van der Waals surface area (Å²) in [5, 5.41) is 12.1. The van der Waals surface area contributed by atoms with Crippen LogP contribution in [0.15, 0.2) is 0 Å². The Kier molecular flexibility index (Phi) is 3.61. The number of carbonyl (C=O) groups is 2. The first-order valence-corrected chi connectivity index (χ1v) is 7.83. The van der Waals surface area contributed by atoms with Crippen molar-refractivity contribution in [2.75, 3.05) is 0 Å². The number of nitrogens with one attached hydrogen (secondary N) is 1. The molecule has 2 atom stereocenters. The molecule has 2 bridgehead atoms. The second-order valence-electron chi connectivity index (χ2n) is 6.95. The minimum Gasteiger partial charge on any atom is -0.481 e. The number of amides is 2. The van der Waals surface area contributed by atoms with Crippen molar-refractivity contribution >= 4 is 12.0 Å². The minimum absolute atomic E-state index is 0.0863. The van der Waals surface area contributed by atoms with Crippen molar-refractivity contribution in [1.82, 2.24) is 10.2 Å². The van der Waals surface area contributed by atoms with E-state index < -0.39 is 5.97 Å². The standard InChI is InChI=1S/C15H24N2O3/c1-9-4-11(5-9)16-15(20)17-12-2-3-13(17)7-10(6-12)8-14(18)19/h9-13H,2-8H2,1H3,(H,16,20)(H,18,19).